The van der Waals surface area contributed by atoms with Crippen LogP contribution in [0.5, 0.6) is 0 Å². The van der Waals surface area contributed by atoms with Gasteiger partial charge in [-0.2, -0.15) is 0 Å². The van der Waals surface area contributed by atoms with E-state index in [9.17, 15) is 9.59 Å². The molecule has 12 heteroatoms. The molecule has 0 aromatic rings. The van der Waals surface area contributed by atoms with Crippen LogP contribution in [0.2, 0.25) is 0 Å². The molecular weight excluding hydrogens is 593 g/mol. The van der Waals surface area contributed by atoms with E-state index in [4.69, 9.17) is 19.0 Å². The maximum absolute atomic E-state index is 12.5. The lowest BCUT2D eigenvalue weighted by molar-refractivity contribution is -0.155. The lowest BCUT2D eigenvalue weighted by atomic mass is 9.91. The van der Waals surface area contributed by atoms with Gasteiger partial charge in [-0.1, -0.05) is 57.5 Å². The predicted molar refractivity (Wildman–Crippen MR) is 166 cm³/mol. The highest BCUT2D eigenvalue weighted by atomic mass is 79.9. The van der Waals surface area contributed by atoms with E-state index in [-0.39, 0.29) is 44.6 Å². The van der Waals surface area contributed by atoms with Gasteiger partial charge >= 0.3 is 5.97 Å². The molecular formula is C26H53BrN3O6PS. The summed E-state index contributed by atoms with van der Waals surface area (Å²) in [5, 5.41) is 0.0793. The number of fused-ring (bicyclic) bond motifs is 1. The van der Waals surface area contributed by atoms with Crippen LogP contribution in [0.1, 0.15) is 75.7 Å². The second-order valence-corrected chi connectivity index (χ2v) is 13.0. The quantitative estimate of drug-likeness (QED) is 0.130. The molecule has 1 saturated heterocycles. The van der Waals surface area contributed by atoms with Crippen LogP contribution in [-0.4, -0.2) is 77.4 Å². The normalized spacial score (nSPS) is 23.4. The standard InChI is InChI=1S/C15H26NO3P.C7H15BrO2.C2H6.CH4N2S.CH2O/c1-6-19-13(18)12-11-9(15(11,5)20)8-16(12)10(17)7-14(2,3)4;1-4-9-7(6(3)8)10-5-2;1-2;2-1(3)4;1-2/h9,11-12H,6-8,20H2,1-5H3;6-7H,4-5H2,1-3H3;1-2H3;(H4,2,3,4);1H2/t9?,11?,12-,15?;;;;/m0..../s1. The molecule has 226 valence electrons. The van der Waals surface area contributed by atoms with Crippen LogP contribution in [0, 0.1) is 17.3 Å². The van der Waals surface area contributed by atoms with Gasteiger partial charge in [0.05, 0.1) is 11.4 Å². The highest BCUT2D eigenvalue weighted by Crippen LogP contribution is 2.64. The van der Waals surface area contributed by atoms with Crippen LogP contribution < -0.4 is 11.5 Å². The lowest BCUT2D eigenvalue weighted by Gasteiger charge is -2.31. The number of hydrogen-bond donors (Lipinski definition) is 2. The summed E-state index contributed by atoms with van der Waals surface area (Å²) < 4.78 is 15.7. The molecule has 2 aliphatic rings. The number of alkyl halides is 1. The van der Waals surface area contributed by atoms with Crippen molar-refractivity contribution in [2.45, 2.75) is 98.0 Å². The number of rotatable bonds is 8. The van der Waals surface area contributed by atoms with Gasteiger partial charge in [0.2, 0.25) is 5.91 Å². The molecule has 0 aromatic carbocycles. The number of nitrogens with two attached hydrogens (primary N) is 2. The molecule has 0 bridgehead atoms. The Labute approximate surface area is 247 Å². The maximum Gasteiger partial charge on any atom is 0.329 e. The first-order chi connectivity index (χ1) is 17.5. The minimum Gasteiger partial charge on any atom is -0.464 e. The van der Waals surface area contributed by atoms with Crippen LogP contribution in [-0.2, 0) is 28.6 Å². The van der Waals surface area contributed by atoms with Crippen LogP contribution in [0.4, 0.5) is 0 Å². The van der Waals surface area contributed by atoms with E-state index in [0.29, 0.717) is 38.7 Å². The van der Waals surface area contributed by atoms with Gasteiger partial charge in [0.25, 0.3) is 0 Å². The first-order valence-electron chi connectivity index (χ1n) is 13.0. The number of piperidine rings is 1. The van der Waals surface area contributed by atoms with Crippen molar-refractivity contribution in [2.75, 3.05) is 26.4 Å². The van der Waals surface area contributed by atoms with E-state index in [2.05, 4.69) is 55.8 Å². The zero-order valence-corrected chi connectivity index (χ0v) is 28.6. The highest BCUT2D eigenvalue weighted by molar-refractivity contribution is 9.09. The lowest BCUT2D eigenvalue weighted by Crippen LogP contribution is -2.47. The van der Waals surface area contributed by atoms with Gasteiger partial charge < -0.3 is 35.4 Å². The summed E-state index contributed by atoms with van der Waals surface area (Å²) in [7, 11) is 2.85. The zero-order valence-electron chi connectivity index (χ0n) is 25.0. The third-order valence-corrected chi connectivity index (χ3v) is 6.72. The molecule has 2 fully saturated rings. The fourth-order valence-corrected chi connectivity index (χ4v) is 4.94. The molecule has 9 nitrogen and oxygen atoms in total. The third kappa shape index (κ3) is 15.7. The molecule has 1 aliphatic heterocycles. The Morgan fingerprint density at radius 3 is 1.87 bits per heavy atom. The van der Waals surface area contributed by atoms with Gasteiger partial charge in [-0.05, 0) is 56.4 Å². The van der Waals surface area contributed by atoms with Crippen LogP contribution in [0.3, 0.4) is 0 Å². The number of hydrogen-bond acceptors (Lipinski definition) is 7. The predicted octanol–water partition coefficient (Wildman–Crippen LogP) is 4.28. The number of carbonyl (C=O) groups excluding carboxylic acids is 3. The van der Waals surface area contributed by atoms with Gasteiger partial charge in [-0.3, -0.25) is 4.79 Å². The second-order valence-electron chi connectivity index (χ2n) is 9.84. The summed E-state index contributed by atoms with van der Waals surface area (Å²) in [4.78, 5) is 34.7. The van der Waals surface area contributed by atoms with Gasteiger partial charge in [0.1, 0.15) is 12.8 Å². The summed E-state index contributed by atoms with van der Waals surface area (Å²) >= 11 is 7.49. The van der Waals surface area contributed by atoms with Crippen molar-refractivity contribution in [1.82, 2.24) is 4.90 Å². The zero-order chi connectivity index (χ0) is 30.9. The van der Waals surface area contributed by atoms with Gasteiger partial charge in [0, 0.05) is 32.1 Å². The Kier molecular flexibility index (Phi) is 22.9. The number of esters is 1. The van der Waals surface area contributed by atoms with Gasteiger partial charge in [-0.15, -0.1) is 9.24 Å². The summed E-state index contributed by atoms with van der Waals surface area (Å²) in [6, 6.07) is -0.391. The number of carbonyl (C=O) groups is 3. The molecule has 5 unspecified atom stereocenters. The number of thiocarbonyl (C=S) groups is 1. The summed E-state index contributed by atoms with van der Waals surface area (Å²) in [6.45, 7) is 24.4. The van der Waals surface area contributed by atoms with E-state index in [1.54, 1.807) is 11.8 Å². The average Bonchev–Trinajstić information content (AvgIpc) is 3.14. The molecule has 6 atom stereocenters. The topological polar surface area (TPSA) is 134 Å². The molecule has 1 saturated carbocycles. The van der Waals surface area contributed by atoms with Crippen LogP contribution >= 0.6 is 37.4 Å². The largest absolute Gasteiger partial charge is 0.464 e. The van der Waals surface area contributed by atoms with Gasteiger partial charge in [0.15, 0.2) is 11.4 Å². The molecule has 4 N–H and O–H groups in total. The SMILES string of the molecule is C=O.CC.CCOC(=O)[C@@H]1C2C(CN1C(=O)CC(C)(C)C)C2(C)P.CCOC(OCC)C(C)Br.NC(N)=S. The molecule has 0 radical (unpaired) electrons. The first-order valence-corrected chi connectivity index (χ1v) is 14.9. The minimum atomic E-state index is -0.391. The monoisotopic (exact) mass is 645 g/mol. The number of amides is 1. The van der Waals surface area contributed by atoms with Crippen molar-refractivity contribution >= 4 is 61.2 Å². The second kappa shape index (κ2) is 21.0. The fraction of sp³-hybridized carbons (Fsp3) is 0.846. The van der Waals surface area contributed by atoms with E-state index >= 15 is 0 Å². The van der Waals surface area contributed by atoms with E-state index in [0.717, 1.165) is 0 Å². The van der Waals surface area contributed by atoms with E-state index < -0.39 is 6.04 Å². The maximum atomic E-state index is 12.5. The van der Waals surface area contributed by atoms with Crippen molar-refractivity contribution in [2.24, 2.45) is 28.7 Å². The molecule has 2 rings (SSSR count). The van der Waals surface area contributed by atoms with Crippen molar-refractivity contribution in [3.05, 3.63) is 0 Å². The molecule has 1 amide bonds. The summed E-state index contributed by atoms with van der Waals surface area (Å²) in [5.74, 6) is 0.471. The van der Waals surface area contributed by atoms with Crippen molar-refractivity contribution in [1.29, 1.82) is 0 Å². The van der Waals surface area contributed by atoms with Crippen molar-refractivity contribution in [3.63, 3.8) is 0 Å². The molecule has 1 heterocycles. The Morgan fingerprint density at radius 2 is 1.55 bits per heavy atom. The van der Waals surface area contributed by atoms with E-state index in [1.165, 1.54) is 0 Å². The summed E-state index contributed by atoms with van der Waals surface area (Å²) in [6.07, 6.45) is 0.366. The third-order valence-electron chi connectivity index (χ3n) is 5.48. The highest BCUT2D eigenvalue weighted by Gasteiger charge is 2.70. The van der Waals surface area contributed by atoms with Crippen LogP contribution in [0.15, 0.2) is 0 Å². The van der Waals surface area contributed by atoms with Crippen molar-refractivity contribution < 1.29 is 28.6 Å². The fourth-order valence-electron chi connectivity index (χ4n) is 4.01. The summed E-state index contributed by atoms with van der Waals surface area (Å²) in [5.41, 5.74) is 9.18. The van der Waals surface area contributed by atoms with Crippen LogP contribution in [0.25, 0.3) is 0 Å². The Bertz CT molecular complexity index is 684. The first kappa shape index (κ1) is 41.6. The Morgan fingerprint density at radius 1 is 1.13 bits per heavy atom. The number of likely N-dealkylation sites (tertiary alicyclic amines) is 1. The Hall–Kier alpha value is -0.870. The number of ether oxygens (including phenoxy) is 3. The minimum absolute atomic E-state index is 0.000000000000000222. The molecule has 1 aliphatic carbocycles. The number of nitrogens with zero attached hydrogens (tertiary/aromatic N) is 1. The van der Waals surface area contributed by atoms with Gasteiger partial charge in [-0.25, -0.2) is 4.79 Å². The number of halogens is 1. The van der Waals surface area contributed by atoms with Crippen molar-refractivity contribution in [3.8, 4) is 0 Å². The molecule has 38 heavy (non-hydrogen) atoms. The Balaban J connectivity index is -0.000000571. The average molecular weight is 647 g/mol. The van der Waals surface area contributed by atoms with E-state index in [1.807, 2.05) is 62.2 Å². The molecule has 0 aromatic heterocycles. The molecule has 0 spiro atoms. The smallest absolute Gasteiger partial charge is 0.329 e.